The second-order valence-corrected chi connectivity index (χ2v) is 3.97. The minimum atomic E-state index is -0.471. The summed E-state index contributed by atoms with van der Waals surface area (Å²) in [5.74, 6) is 0. The lowest BCUT2D eigenvalue weighted by molar-refractivity contribution is -0.00384. The Bertz CT molecular complexity index is 208. The monoisotopic (exact) mass is 171 g/mol. The van der Waals surface area contributed by atoms with Gasteiger partial charge in [-0.15, -0.1) is 0 Å². The lowest BCUT2D eigenvalue weighted by Crippen LogP contribution is -2.52. The maximum absolute atomic E-state index is 9.73. The van der Waals surface area contributed by atoms with Crippen molar-refractivity contribution in [2.75, 3.05) is 13.1 Å². The number of rotatable bonds is 0. The van der Waals surface area contributed by atoms with Crippen LogP contribution in [0.2, 0.25) is 0 Å². The molecule has 3 rings (SSSR count). The van der Waals surface area contributed by atoms with E-state index in [4.69, 9.17) is 4.74 Å². The summed E-state index contributed by atoms with van der Waals surface area (Å²) in [6.45, 7) is 1.79. The number of piperidine rings is 1. The van der Waals surface area contributed by atoms with Crippen LogP contribution in [0, 0.1) is 0 Å². The van der Waals surface area contributed by atoms with Gasteiger partial charge in [0.05, 0.1) is 18.2 Å². The Hall–Kier alpha value is -0.160. The first-order valence-corrected chi connectivity index (χ1v) is 4.53. The van der Waals surface area contributed by atoms with Gasteiger partial charge >= 0.3 is 0 Å². The average Bonchev–Trinajstić information content (AvgIpc) is 2.71. The molecular weight excluding hydrogens is 158 g/mol. The summed E-state index contributed by atoms with van der Waals surface area (Å²) in [6, 6.07) is -0.0613. The van der Waals surface area contributed by atoms with E-state index in [1.807, 2.05) is 0 Å². The smallest absolute Gasteiger partial charge is 0.113 e. The van der Waals surface area contributed by atoms with Gasteiger partial charge in [0.25, 0.3) is 0 Å². The predicted molar refractivity (Wildman–Crippen MR) is 40.7 cm³/mol. The van der Waals surface area contributed by atoms with Crippen LogP contribution in [-0.4, -0.2) is 58.7 Å². The van der Waals surface area contributed by atoms with E-state index in [1.165, 1.54) is 0 Å². The SMILES string of the molecule is O[C@H]1[C@H]2O[C@H]2CN2CC[C@H](O)[C@H]12. The standard InChI is InChI=1S/C8H13NO3/c10-4-1-2-9-3-5-8(12-5)7(11)6(4)9/h4-8,10-11H,1-3H2/t4-,5-,6+,7+,8-/m0/s1. The fourth-order valence-electron chi connectivity index (χ4n) is 2.55. The van der Waals surface area contributed by atoms with Crippen LogP contribution in [0.1, 0.15) is 6.42 Å². The summed E-state index contributed by atoms with van der Waals surface area (Å²) < 4.78 is 5.27. The van der Waals surface area contributed by atoms with Crippen molar-refractivity contribution < 1.29 is 14.9 Å². The molecular formula is C8H13NO3. The molecule has 3 fully saturated rings. The third-order valence-corrected chi connectivity index (χ3v) is 3.25. The molecule has 3 heterocycles. The molecule has 0 amide bonds. The topological polar surface area (TPSA) is 56.2 Å². The molecule has 3 aliphatic rings. The highest BCUT2D eigenvalue weighted by Crippen LogP contribution is 2.38. The van der Waals surface area contributed by atoms with Crippen LogP contribution in [0.4, 0.5) is 0 Å². The highest BCUT2D eigenvalue weighted by atomic mass is 16.6. The molecule has 4 heteroatoms. The zero-order valence-electron chi connectivity index (χ0n) is 6.76. The number of ether oxygens (including phenoxy) is 1. The number of fused-ring (bicyclic) bond motifs is 2. The minimum absolute atomic E-state index is 0.0130. The maximum atomic E-state index is 9.73. The molecule has 0 radical (unpaired) electrons. The molecule has 0 bridgehead atoms. The molecule has 0 saturated carbocycles. The summed E-state index contributed by atoms with van der Waals surface area (Å²) >= 11 is 0. The van der Waals surface area contributed by atoms with Gasteiger partial charge in [-0.2, -0.15) is 0 Å². The molecule has 0 aromatic rings. The van der Waals surface area contributed by atoms with E-state index in [2.05, 4.69) is 4.90 Å². The van der Waals surface area contributed by atoms with Crippen LogP contribution < -0.4 is 0 Å². The Labute approximate surface area is 70.7 Å². The van der Waals surface area contributed by atoms with Crippen LogP contribution >= 0.6 is 0 Å². The van der Waals surface area contributed by atoms with E-state index in [9.17, 15) is 10.2 Å². The summed E-state index contributed by atoms with van der Waals surface area (Å²) in [4.78, 5) is 2.14. The van der Waals surface area contributed by atoms with Crippen molar-refractivity contribution >= 4 is 0 Å². The zero-order valence-corrected chi connectivity index (χ0v) is 6.76. The van der Waals surface area contributed by atoms with Gasteiger partial charge in [-0.1, -0.05) is 0 Å². The number of aliphatic hydroxyl groups is 2. The first-order chi connectivity index (χ1) is 5.77. The molecule has 68 valence electrons. The quantitative estimate of drug-likeness (QED) is 0.438. The molecule has 3 aliphatic heterocycles. The van der Waals surface area contributed by atoms with Crippen molar-refractivity contribution in [2.45, 2.75) is 36.9 Å². The summed E-state index contributed by atoms with van der Waals surface area (Å²) in [7, 11) is 0. The lowest BCUT2D eigenvalue weighted by Gasteiger charge is -2.32. The fraction of sp³-hybridized carbons (Fsp3) is 1.00. The third kappa shape index (κ3) is 0.808. The second-order valence-electron chi connectivity index (χ2n) is 3.97. The van der Waals surface area contributed by atoms with Gasteiger partial charge in [-0.05, 0) is 6.42 Å². The molecule has 0 aliphatic carbocycles. The Balaban J connectivity index is 1.85. The van der Waals surface area contributed by atoms with Gasteiger partial charge in [-0.25, -0.2) is 0 Å². The van der Waals surface area contributed by atoms with Crippen molar-refractivity contribution in [3.05, 3.63) is 0 Å². The van der Waals surface area contributed by atoms with Crippen molar-refractivity contribution in [3.63, 3.8) is 0 Å². The van der Waals surface area contributed by atoms with Crippen LogP contribution in [0.3, 0.4) is 0 Å². The normalized spacial score (nSPS) is 58.0. The van der Waals surface area contributed by atoms with E-state index >= 15 is 0 Å². The van der Waals surface area contributed by atoms with Crippen molar-refractivity contribution in [2.24, 2.45) is 0 Å². The Morgan fingerprint density at radius 1 is 1.33 bits per heavy atom. The number of hydrogen-bond donors (Lipinski definition) is 2. The fourth-order valence-corrected chi connectivity index (χ4v) is 2.55. The highest BCUT2D eigenvalue weighted by molar-refractivity contribution is 5.08. The first-order valence-electron chi connectivity index (χ1n) is 4.53. The van der Waals surface area contributed by atoms with Crippen molar-refractivity contribution in [1.29, 1.82) is 0 Å². The predicted octanol–water partition coefficient (Wildman–Crippen LogP) is -1.44. The minimum Gasteiger partial charge on any atom is -0.391 e. The Kier molecular flexibility index (Phi) is 1.33. The number of epoxide rings is 1. The molecule has 0 aromatic carbocycles. The van der Waals surface area contributed by atoms with E-state index in [0.717, 1.165) is 19.5 Å². The van der Waals surface area contributed by atoms with Gasteiger partial charge < -0.3 is 14.9 Å². The molecule has 0 spiro atoms. The largest absolute Gasteiger partial charge is 0.391 e. The molecule has 12 heavy (non-hydrogen) atoms. The average molecular weight is 171 g/mol. The van der Waals surface area contributed by atoms with Gasteiger partial charge in [0.1, 0.15) is 12.2 Å². The zero-order chi connectivity index (χ0) is 8.29. The van der Waals surface area contributed by atoms with Crippen molar-refractivity contribution in [3.8, 4) is 0 Å². The summed E-state index contributed by atoms with van der Waals surface area (Å²) in [5.41, 5.74) is 0. The lowest BCUT2D eigenvalue weighted by atomic mass is 9.98. The number of aliphatic hydroxyl groups excluding tert-OH is 2. The van der Waals surface area contributed by atoms with Gasteiger partial charge in [0.2, 0.25) is 0 Å². The number of nitrogens with zero attached hydrogens (tertiary/aromatic N) is 1. The summed E-state index contributed by atoms with van der Waals surface area (Å²) in [6.07, 6.45) is 0.216. The molecule has 3 saturated heterocycles. The molecule has 2 N–H and O–H groups in total. The second kappa shape index (κ2) is 2.20. The molecule has 4 nitrogen and oxygen atoms in total. The Morgan fingerprint density at radius 3 is 3.00 bits per heavy atom. The maximum Gasteiger partial charge on any atom is 0.113 e. The van der Waals surface area contributed by atoms with Crippen LogP contribution in [0.5, 0.6) is 0 Å². The van der Waals surface area contributed by atoms with E-state index in [1.54, 1.807) is 0 Å². The van der Waals surface area contributed by atoms with Gasteiger partial charge in [0, 0.05) is 13.1 Å². The molecule has 0 unspecified atom stereocenters. The highest BCUT2D eigenvalue weighted by Gasteiger charge is 2.57. The third-order valence-electron chi connectivity index (χ3n) is 3.25. The summed E-state index contributed by atoms with van der Waals surface area (Å²) in [5, 5.41) is 19.3. The first kappa shape index (κ1) is 7.26. The van der Waals surface area contributed by atoms with E-state index in [0.29, 0.717) is 0 Å². The van der Waals surface area contributed by atoms with Gasteiger partial charge in [-0.3, -0.25) is 4.90 Å². The molecule has 5 atom stereocenters. The molecule has 0 aromatic heterocycles. The van der Waals surface area contributed by atoms with Crippen LogP contribution in [0.25, 0.3) is 0 Å². The van der Waals surface area contributed by atoms with E-state index < -0.39 is 6.10 Å². The number of hydrogen-bond acceptors (Lipinski definition) is 4. The van der Waals surface area contributed by atoms with Crippen molar-refractivity contribution in [1.82, 2.24) is 4.90 Å². The van der Waals surface area contributed by atoms with Crippen LogP contribution in [0.15, 0.2) is 0 Å². The van der Waals surface area contributed by atoms with Gasteiger partial charge in [0.15, 0.2) is 0 Å². The Morgan fingerprint density at radius 2 is 2.17 bits per heavy atom. The van der Waals surface area contributed by atoms with E-state index in [-0.39, 0.29) is 24.4 Å². The van der Waals surface area contributed by atoms with Crippen LogP contribution in [-0.2, 0) is 4.74 Å².